The zero-order valence-electron chi connectivity index (χ0n) is 16.6. The molecule has 0 saturated heterocycles. The van der Waals surface area contributed by atoms with Crippen molar-refractivity contribution < 1.29 is 19.1 Å². The maximum atomic E-state index is 12.7. The first-order valence-electron chi connectivity index (χ1n) is 9.80. The summed E-state index contributed by atoms with van der Waals surface area (Å²) in [5.74, 6) is 0.957. The number of carbonyl (C=O) groups is 2. The molecule has 6 heteroatoms. The van der Waals surface area contributed by atoms with Crippen molar-refractivity contribution in [3.8, 4) is 5.75 Å². The second-order valence-corrected chi connectivity index (χ2v) is 7.64. The molecule has 0 N–H and O–H groups in total. The maximum Gasteiger partial charge on any atom is 0.249 e. The van der Waals surface area contributed by atoms with E-state index in [2.05, 4.69) is 0 Å². The van der Waals surface area contributed by atoms with Gasteiger partial charge in [0.15, 0.2) is 0 Å². The first-order chi connectivity index (χ1) is 12.9. The number of fused-ring (bicyclic) bond motifs is 1. The maximum absolute atomic E-state index is 12.7. The first-order valence-corrected chi connectivity index (χ1v) is 9.80. The number of hydrogen-bond donors (Lipinski definition) is 0. The Morgan fingerprint density at radius 3 is 2.67 bits per heavy atom. The van der Waals surface area contributed by atoms with Crippen LogP contribution in [0.15, 0.2) is 24.3 Å². The molecule has 148 valence electrons. The van der Waals surface area contributed by atoms with E-state index in [1.165, 1.54) is 0 Å². The van der Waals surface area contributed by atoms with Gasteiger partial charge in [-0.15, -0.1) is 0 Å². The summed E-state index contributed by atoms with van der Waals surface area (Å²) in [7, 11) is 1.87. The van der Waals surface area contributed by atoms with Crippen LogP contribution in [0.25, 0.3) is 0 Å². The molecule has 1 saturated carbocycles. The zero-order valence-corrected chi connectivity index (χ0v) is 16.6. The van der Waals surface area contributed by atoms with Gasteiger partial charge in [-0.1, -0.05) is 18.2 Å². The number of ether oxygens (including phenoxy) is 2. The lowest BCUT2D eigenvalue weighted by Gasteiger charge is -2.43. The summed E-state index contributed by atoms with van der Waals surface area (Å²) in [5.41, 5.74) is 0.630. The molecule has 0 atom stereocenters. The molecular formula is C21H30N2O4. The monoisotopic (exact) mass is 374 g/mol. The zero-order chi connectivity index (χ0) is 19.4. The highest BCUT2D eigenvalue weighted by molar-refractivity contribution is 5.77. The van der Waals surface area contributed by atoms with Crippen LogP contribution in [0.5, 0.6) is 5.75 Å². The molecule has 6 nitrogen and oxygen atoms in total. The van der Waals surface area contributed by atoms with Crippen molar-refractivity contribution in [1.29, 1.82) is 0 Å². The quantitative estimate of drug-likeness (QED) is 0.813. The van der Waals surface area contributed by atoms with Gasteiger partial charge in [-0.05, 0) is 38.7 Å². The lowest BCUT2D eigenvalue weighted by molar-refractivity contribution is -0.140. The molecule has 0 radical (unpaired) electrons. The second-order valence-electron chi connectivity index (χ2n) is 7.64. The average Bonchev–Trinajstić information content (AvgIpc) is 2.82. The third kappa shape index (κ3) is 4.43. The second kappa shape index (κ2) is 8.30. The van der Waals surface area contributed by atoms with Crippen molar-refractivity contribution in [2.24, 2.45) is 0 Å². The van der Waals surface area contributed by atoms with Gasteiger partial charge < -0.3 is 19.3 Å². The van der Waals surface area contributed by atoms with Gasteiger partial charge in [-0.2, -0.15) is 0 Å². The van der Waals surface area contributed by atoms with Crippen molar-refractivity contribution in [2.75, 3.05) is 26.8 Å². The lowest BCUT2D eigenvalue weighted by Crippen LogP contribution is -2.52. The van der Waals surface area contributed by atoms with Crippen molar-refractivity contribution in [3.05, 3.63) is 29.8 Å². The van der Waals surface area contributed by atoms with E-state index in [-0.39, 0.29) is 24.5 Å². The van der Waals surface area contributed by atoms with Crippen LogP contribution in [0.4, 0.5) is 0 Å². The minimum Gasteiger partial charge on any atom is -0.485 e. The predicted molar refractivity (Wildman–Crippen MR) is 102 cm³/mol. The number of carbonyl (C=O) groups excluding carboxylic acids is 2. The van der Waals surface area contributed by atoms with Crippen LogP contribution in [0.2, 0.25) is 0 Å². The Morgan fingerprint density at radius 1 is 1.30 bits per heavy atom. The molecule has 0 aromatic heterocycles. The molecule has 2 aliphatic rings. The fourth-order valence-corrected chi connectivity index (χ4v) is 4.10. The standard InChI is InChI=1S/C21H30N2O4/c1-4-26-14-20(25)23-13-17-7-5-6-8-19(17)27-21(15-23)11-9-18(10-12-21)22(3)16(2)24/h5-8,18H,4,9-15H2,1-3H3. The number of amides is 2. The smallest absolute Gasteiger partial charge is 0.249 e. The summed E-state index contributed by atoms with van der Waals surface area (Å²) < 4.78 is 11.9. The van der Waals surface area contributed by atoms with Gasteiger partial charge in [-0.3, -0.25) is 9.59 Å². The molecular weight excluding hydrogens is 344 g/mol. The number of rotatable bonds is 4. The summed E-state index contributed by atoms with van der Waals surface area (Å²) >= 11 is 0. The van der Waals surface area contributed by atoms with E-state index in [1.54, 1.807) is 6.92 Å². The Labute approximate surface area is 161 Å². The topological polar surface area (TPSA) is 59.1 Å². The highest BCUT2D eigenvalue weighted by Gasteiger charge is 2.43. The van der Waals surface area contributed by atoms with Gasteiger partial charge in [0.2, 0.25) is 11.8 Å². The van der Waals surface area contributed by atoms with E-state index in [4.69, 9.17) is 9.47 Å². The van der Waals surface area contributed by atoms with E-state index >= 15 is 0 Å². The van der Waals surface area contributed by atoms with E-state index in [0.29, 0.717) is 19.7 Å². The average molecular weight is 374 g/mol. The Kier molecular flexibility index (Phi) is 6.05. The minimum absolute atomic E-state index is 0.000458. The van der Waals surface area contributed by atoms with Crippen molar-refractivity contribution in [2.45, 2.75) is 57.7 Å². The first kappa shape index (κ1) is 19.7. The molecule has 1 aliphatic heterocycles. The molecule has 1 spiro atoms. The molecule has 27 heavy (non-hydrogen) atoms. The largest absolute Gasteiger partial charge is 0.485 e. The van der Waals surface area contributed by atoms with E-state index < -0.39 is 5.60 Å². The van der Waals surface area contributed by atoms with Gasteiger partial charge >= 0.3 is 0 Å². The third-order valence-corrected chi connectivity index (χ3v) is 5.83. The molecule has 0 bridgehead atoms. The molecule has 1 heterocycles. The molecule has 3 rings (SSSR count). The predicted octanol–water partition coefficient (Wildman–Crippen LogP) is 2.60. The van der Waals surface area contributed by atoms with Gasteiger partial charge in [0, 0.05) is 38.7 Å². The van der Waals surface area contributed by atoms with Crippen LogP contribution in [-0.4, -0.2) is 60.1 Å². The van der Waals surface area contributed by atoms with Crippen LogP contribution < -0.4 is 4.74 Å². The van der Waals surface area contributed by atoms with E-state index in [1.807, 2.05) is 48.0 Å². The fourth-order valence-electron chi connectivity index (χ4n) is 4.10. The van der Waals surface area contributed by atoms with Gasteiger partial charge in [0.1, 0.15) is 18.0 Å². The Morgan fingerprint density at radius 2 is 2.00 bits per heavy atom. The summed E-state index contributed by atoms with van der Waals surface area (Å²) in [4.78, 5) is 28.1. The molecule has 2 amide bonds. The molecule has 1 aliphatic carbocycles. The van der Waals surface area contributed by atoms with Crippen LogP contribution in [0.1, 0.15) is 45.1 Å². The normalized spacial score (nSPS) is 24.7. The van der Waals surface area contributed by atoms with Gasteiger partial charge in [0.05, 0.1) is 6.54 Å². The SMILES string of the molecule is CCOCC(=O)N1Cc2ccccc2OC2(CCC(N(C)C(C)=O)CC2)C1. The minimum atomic E-state index is -0.400. The van der Waals surface area contributed by atoms with Crippen molar-refractivity contribution in [3.63, 3.8) is 0 Å². The van der Waals surface area contributed by atoms with Crippen molar-refractivity contribution >= 4 is 11.8 Å². The summed E-state index contributed by atoms with van der Waals surface area (Å²) in [6.45, 7) is 5.23. The fraction of sp³-hybridized carbons (Fsp3) is 0.619. The Bertz CT molecular complexity index is 683. The summed E-state index contributed by atoms with van der Waals surface area (Å²) in [5, 5.41) is 0. The number of para-hydroxylation sites is 1. The van der Waals surface area contributed by atoms with E-state index in [9.17, 15) is 9.59 Å². The Hall–Kier alpha value is -2.08. The van der Waals surface area contributed by atoms with Gasteiger partial charge in [-0.25, -0.2) is 0 Å². The number of benzene rings is 1. The third-order valence-electron chi connectivity index (χ3n) is 5.83. The summed E-state index contributed by atoms with van der Waals surface area (Å²) in [6.07, 6.45) is 3.40. The molecule has 0 unspecified atom stereocenters. The van der Waals surface area contributed by atoms with Crippen LogP contribution >= 0.6 is 0 Å². The number of nitrogens with zero attached hydrogens (tertiary/aromatic N) is 2. The summed E-state index contributed by atoms with van der Waals surface area (Å²) in [6, 6.07) is 8.19. The molecule has 1 aromatic carbocycles. The van der Waals surface area contributed by atoms with E-state index in [0.717, 1.165) is 37.0 Å². The highest BCUT2D eigenvalue weighted by Crippen LogP contribution is 2.39. The number of hydrogen-bond acceptors (Lipinski definition) is 4. The Balaban J connectivity index is 1.80. The van der Waals surface area contributed by atoms with Crippen LogP contribution in [0.3, 0.4) is 0 Å². The molecule has 1 aromatic rings. The lowest BCUT2D eigenvalue weighted by atomic mass is 9.81. The molecule has 1 fully saturated rings. The van der Waals surface area contributed by atoms with Crippen molar-refractivity contribution in [1.82, 2.24) is 9.80 Å². The highest BCUT2D eigenvalue weighted by atomic mass is 16.5. The van der Waals surface area contributed by atoms with Gasteiger partial charge in [0.25, 0.3) is 0 Å². The van der Waals surface area contributed by atoms with Crippen LogP contribution in [0, 0.1) is 0 Å². The van der Waals surface area contributed by atoms with Crippen LogP contribution in [-0.2, 0) is 20.9 Å².